The molecule has 0 heterocycles. The van der Waals surface area contributed by atoms with E-state index in [1.807, 2.05) is 31.2 Å². The predicted octanol–water partition coefficient (Wildman–Crippen LogP) is 4.37. The second kappa shape index (κ2) is 7.53. The van der Waals surface area contributed by atoms with Crippen LogP contribution in [-0.2, 0) is 9.53 Å². The lowest BCUT2D eigenvalue weighted by atomic mass is 9.89. The summed E-state index contributed by atoms with van der Waals surface area (Å²) in [5, 5.41) is 3.36. The molecular formula is C15H22BrNO2. The molecule has 1 rings (SSSR count). The number of carbonyl (C=O) groups is 1. The Morgan fingerprint density at radius 3 is 2.68 bits per heavy atom. The fraction of sp³-hybridized carbons (Fsp3) is 0.533. The minimum atomic E-state index is -0.633. The normalized spacial score (nSPS) is 13.7. The van der Waals surface area contributed by atoms with Crippen LogP contribution < -0.4 is 5.32 Å². The van der Waals surface area contributed by atoms with Crippen molar-refractivity contribution in [3.8, 4) is 0 Å². The van der Waals surface area contributed by atoms with E-state index in [2.05, 4.69) is 28.2 Å². The number of anilines is 1. The number of methoxy groups -OCH3 is 1. The van der Waals surface area contributed by atoms with Crippen molar-refractivity contribution in [2.45, 2.75) is 45.1 Å². The first-order valence-electron chi connectivity index (χ1n) is 6.70. The Morgan fingerprint density at radius 1 is 1.42 bits per heavy atom. The first-order chi connectivity index (χ1) is 9.07. The Labute approximate surface area is 123 Å². The van der Waals surface area contributed by atoms with Gasteiger partial charge in [-0.2, -0.15) is 0 Å². The Bertz CT molecular complexity index is 422. The van der Waals surface area contributed by atoms with E-state index >= 15 is 0 Å². The summed E-state index contributed by atoms with van der Waals surface area (Å²) in [4.78, 5) is 12.2. The van der Waals surface area contributed by atoms with E-state index in [-0.39, 0.29) is 5.97 Å². The molecule has 0 fully saturated rings. The number of unbranched alkanes of at least 4 members (excludes halogenated alkanes) is 1. The number of carbonyl (C=O) groups excluding carboxylic acids is 1. The molecule has 106 valence electrons. The summed E-state index contributed by atoms with van der Waals surface area (Å²) in [6, 6.07) is 7.84. The van der Waals surface area contributed by atoms with Crippen molar-refractivity contribution in [3.05, 3.63) is 28.7 Å². The summed E-state index contributed by atoms with van der Waals surface area (Å²) in [6.45, 7) is 4.13. The summed E-state index contributed by atoms with van der Waals surface area (Å²) in [7, 11) is 1.45. The first kappa shape index (κ1) is 16.0. The molecule has 0 bridgehead atoms. The topological polar surface area (TPSA) is 38.3 Å². The number of esters is 1. The number of hydrogen-bond donors (Lipinski definition) is 1. The molecule has 4 heteroatoms. The lowest BCUT2D eigenvalue weighted by Gasteiger charge is -2.32. The summed E-state index contributed by atoms with van der Waals surface area (Å²) in [6.07, 6.45) is 3.52. The fourth-order valence-corrected chi connectivity index (χ4v) is 2.54. The maximum absolute atomic E-state index is 12.2. The summed E-state index contributed by atoms with van der Waals surface area (Å²) in [5.74, 6) is -0.191. The molecule has 0 radical (unpaired) electrons. The van der Waals surface area contributed by atoms with Crippen molar-refractivity contribution >= 4 is 27.6 Å². The van der Waals surface area contributed by atoms with Crippen LogP contribution in [0.25, 0.3) is 0 Å². The molecule has 1 N–H and O–H groups in total. The van der Waals surface area contributed by atoms with Crippen LogP contribution >= 0.6 is 15.9 Å². The van der Waals surface area contributed by atoms with Crippen LogP contribution in [0.15, 0.2) is 28.7 Å². The van der Waals surface area contributed by atoms with Crippen molar-refractivity contribution < 1.29 is 9.53 Å². The Hall–Kier alpha value is -1.03. The van der Waals surface area contributed by atoms with Gasteiger partial charge in [-0.25, -0.2) is 4.79 Å². The van der Waals surface area contributed by atoms with Crippen LogP contribution in [0.5, 0.6) is 0 Å². The van der Waals surface area contributed by atoms with Crippen molar-refractivity contribution in [3.63, 3.8) is 0 Å². The lowest BCUT2D eigenvalue weighted by Crippen LogP contribution is -2.46. The van der Waals surface area contributed by atoms with Crippen LogP contribution in [0, 0.1) is 0 Å². The minimum absolute atomic E-state index is 0.191. The van der Waals surface area contributed by atoms with Gasteiger partial charge in [0.25, 0.3) is 0 Å². The molecular weight excluding hydrogens is 306 g/mol. The Morgan fingerprint density at radius 2 is 2.16 bits per heavy atom. The van der Waals surface area contributed by atoms with Gasteiger partial charge in [-0.3, -0.25) is 0 Å². The van der Waals surface area contributed by atoms with Crippen molar-refractivity contribution in [2.24, 2.45) is 0 Å². The van der Waals surface area contributed by atoms with Gasteiger partial charge >= 0.3 is 5.97 Å². The third-order valence-electron chi connectivity index (χ3n) is 3.35. The molecule has 0 aliphatic carbocycles. The first-order valence-corrected chi connectivity index (χ1v) is 7.49. The number of halogens is 1. The van der Waals surface area contributed by atoms with Crippen molar-refractivity contribution in [1.82, 2.24) is 0 Å². The van der Waals surface area contributed by atoms with Crippen LogP contribution in [0.4, 0.5) is 5.69 Å². The highest BCUT2D eigenvalue weighted by molar-refractivity contribution is 9.10. The average molecular weight is 328 g/mol. The average Bonchev–Trinajstić information content (AvgIpc) is 2.42. The van der Waals surface area contributed by atoms with E-state index in [0.29, 0.717) is 6.42 Å². The molecule has 1 unspecified atom stereocenters. The van der Waals surface area contributed by atoms with Gasteiger partial charge < -0.3 is 10.1 Å². The molecule has 1 atom stereocenters. The predicted molar refractivity (Wildman–Crippen MR) is 82.3 cm³/mol. The lowest BCUT2D eigenvalue weighted by molar-refractivity contribution is -0.146. The highest BCUT2D eigenvalue weighted by atomic mass is 79.9. The van der Waals surface area contributed by atoms with E-state index in [9.17, 15) is 4.79 Å². The second-order valence-corrected chi connectivity index (χ2v) is 5.58. The van der Waals surface area contributed by atoms with Gasteiger partial charge in [0.05, 0.1) is 7.11 Å². The van der Waals surface area contributed by atoms with Crippen LogP contribution in [0.2, 0.25) is 0 Å². The molecule has 1 aromatic rings. The molecule has 19 heavy (non-hydrogen) atoms. The van der Waals surface area contributed by atoms with Crippen LogP contribution in [0.1, 0.15) is 39.5 Å². The van der Waals surface area contributed by atoms with Crippen molar-refractivity contribution in [1.29, 1.82) is 0 Å². The monoisotopic (exact) mass is 327 g/mol. The molecule has 0 aliphatic rings. The van der Waals surface area contributed by atoms with Gasteiger partial charge in [-0.1, -0.05) is 48.7 Å². The standard InChI is InChI=1S/C15H22BrNO2/c1-4-6-10-15(5-2,14(18)19-3)17-13-9-7-8-12(16)11-13/h7-9,11,17H,4-6,10H2,1-3H3. The number of rotatable bonds is 7. The maximum atomic E-state index is 12.2. The fourth-order valence-electron chi connectivity index (χ4n) is 2.14. The SMILES string of the molecule is CCCCC(CC)(Nc1cccc(Br)c1)C(=O)OC. The number of benzene rings is 1. The molecule has 0 saturated carbocycles. The molecule has 3 nitrogen and oxygen atoms in total. The number of ether oxygens (including phenoxy) is 1. The van der Waals surface area contributed by atoms with Gasteiger partial charge in [0.2, 0.25) is 0 Å². The van der Waals surface area contributed by atoms with Gasteiger partial charge in [0, 0.05) is 10.2 Å². The molecule has 0 aromatic heterocycles. The Kier molecular flexibility index (Phi) is 6.35. The minimum Gasteiger partial charge on any atom is -0.467 e. The summed E-state index contributed by atoms with van der Waals surface area (Å²) < 4.78 is 5.98. The maximum Gasteiger partial charge on any atom is 0.331 e. The van der Waals surface area contributed by atoms with E-state index in [1.165, 1.54) is 7.11 Å². The van der Waals surface area contributed by atoms with E-state index < -0.39 is 5.54 Å². The van der Waals surface area contributed by atoms with E-state index in [1.54, 1.807) is 0 Å². The van der Waals surface area contributed by atoms with E-state index in [0.717, 1.165) is 29.4 Å². The van der Waals surface area contributed by atoms with E-state index in [4.69, 9.17) is 4.74 Å². The zero-order chi connectivity index (χ0) is 14.3. The molecule has 0 amide bonds. The largest absolute Gasteiger partial charge is 0.467 e. The summed E-state index contributed by atoms with van der Waals surface area (Å²) in [5.41, 5.74) is 0.295. The van der Waals surface area contributed by atoms with Crippen LogP contribution in [-0.4, -0.2) is 18.6 Å². The third kappa shape index (κ3) is 4.23. The highest BCUT2D eigenvalue weighted by Crippen LogP contribution is 2.27. The van der Waals surface area contributed by atoms with Crippen LogP contribution in [0.3, 0.4) is 0 Å². The quantitative estimate of drug-likeness (QED) is 0.755. The third-order valence-corrected chi connectivity index (χ3v) is 3.84. The smallest absolute Gasteiger partial charge is 0.331 e. The number of hydrogen-bond acceptors (Lipinski definition) is 3. The molecule has 0 aliphatic heterocycles. The molecule has 1 aromatic carbocycles. The second-order valence-electron chi connectivity index (χ2n) is 4.67. The summed E-state index contributed by atoms with van der Waals surface area (Å²) >= 11 is 3.44. The zero-order valence-corrected chi connectivity index (χ0v) is 13.4. The zero-order valence-electron chi connectivity index (χ0n) is 11.8. The highest BCUT2D eigenvalue weighted by Gasteiger charge is 2.37. The van der Waals surface area contributed by atoms with Crippen molar-refractivity contribution in [2.75, 3.05) is 12.4 Å². The van der Waals surface area contributed by atoms with Gasteiger partial charge in [0.1, 0.15) is 5.54 Å². The van der Waals surface area contributed by atoms with Gasteiger partial charge in [0.15, 0.2) is 0 Å². The molecule has 0 saturated heterocycles. The number of nitrogens with one attached hydrogen (secondary N) is 1. The molecule has 0 spiro atoms. The van der Waals surface area contributed by atoms with Gasteiger partial charge in [-0.15, -0.1) is 0 Å². The van der Waals surface area contributed by atoms with Gasteiger partial charge in [-0.05, 0) is 31.0 Å². The Balaban J connectivity index is 2.98.